The van der Waals surface area contributed by atoms with Gasteiger partial charge in [-0.1, -0.05) is 6.07 Å². The minimum atomic E-state index is -0.250. The maximum atomic E-state index is 11.8. The number of amides is 1. The molecular formula is C10H7Cl2IN4O. The van der Waals surface area contributed by atoms with Crippen LogP contribution in [-0.2, 0) is 11.3 Å². The van der Waals surface area contributed by atoms with Gasteiger partial charge in [-0.2, -0.15) is 4.98 Å². The van der Waals surface area contributed by atoms with E-state index in [-0.39, 0.29) is 23.0 Å². The summed E-state index contributed by atoms with van der Waals surface area (Å²) in [5.41, 5.74) is 0.717. The van der Waals surface area contributed by atoms with Gasteiger partial charge in [-0.25, -0.2) is 4.68 Å². The van der Waals surface area contributed by atoms with Gasteiger partial charge in [-0.15, -0.1) is 5.10 Å². The lowest BCUT2D eigenvalue weighted by molar-refractivity contribution is -0.116. The first kappa shape index (κ1) is 13.6. The molecule has 1 heterocycles. The fourth-order valence-corrected chi connectivity index (χ4v) is 2.24. The van der Waals surface area contributed by atoms with Crippen molar-refractivity contribution in [1.29, 1.82) is 0 Å². The molecule has 8 heteroatoms. The highest BCUT2D eigenvalue weighted by Crippen LogP contribution is 2.13. The Kier molecular flexibility index (Phi) is 4.41. The molecule has 0 aliphatic heterocycles. The Balaban J connectivity index is 2.03. The Morgan fingerprint density at radius 2 is 2.22 bits per heavy atom. The van der Waals surface area contributed by atoms with Crippen LogP contribution in [0, 0.1) is 3.57 Å². The first-order valence-electron chi connectivity index (χ1n) is 4.86. The van der Waals surface area contributed by atoms with Crippen molar-refractivity contribution in [2.75, 3.05) is 5.32 Å². The van der Waals surface area contributed by atoms with Crippen molar-refractivity contribution in [3.63, 3.8) is 0 Å². The number of carbonyl (C=O) groups is 1. The molecule has 0 spiro atoms. The van der Waals surface area contributed by atoms with Crippen molar-refractivity contribution in [2.24, 2.45) is 0 Å². The summed E-state index contributed by atoms with van der Waals surface area (Å²) >= 11 is 13.5. The molecule has 2 rings (SSSR count). The van der Waals surface area contributed by atoms with Gasteiger partial charge in [0.2, 0.25) is 16.5 Å². The first-order chi connectivity index (χ1) is 8.54. The number of hydrogen-bond acceptors (Lipinski definition) is 3. The van der Waals surface area contributed by atoms with Gasteiger partial charge in [0.1, 0.15) is 6.54 Å². The van der Waals surface area contributed by atoms with Gasteiger partial charge >= 0.3 is 0 Å². The summed E-state index contributed by atoms with van der Waals surface area (Å²) < 4.78 is 2.26. The molecule has 0 atom stereocenters. The minimum Gasteiger partial charge on any atom is -0.324 e. The molecule has 94 valence electrons. The second-order valence-corrected chi connectivity index (χ2v) is 5.29. The van der Waals surface area contributed by atoms with Crippen molar-refractivity contribution < 1.29 is 4.79 Å². The molecule has 2 aromatic rings. The number of anilines is 1. The maximum absolute atomic E-state index is 11.8. The van der Waals surface area contributed by atoms with Crippen LogP contribution in [0.1, 0.15) is 0 Å². The van der Waals surface area contributed by atoms with E-state index in [1.807, 2.05) is 18.2 Å². The number of nitrogens with zero attached hydrogens (tertiary/aromatic N) is 3. The molecule has 0 saturated heterocycles. The predicted molar refractivity (Wildman–Crippen MR) is 77.8 cm³/mol. The third-order valence-corrected chi connectivity index (χ3v) is 3.11. The highest BCUT2D eigenvalue weighted by molar-refractivity contribution is 14.1. The topological polar surface area (TPSA) is 59.8 Å². The van der Waals surface area contributed by atoms with Crippen LogP contribution in [-0.4, -0.2) is 20.7 Å². The summed E-state index contributed by atoms with van der Waals surface area (Å²) in [6.07, 6.45) is 0. The van der Waals surface area contributed by atoms with Crippen molar-refractivity contribution in [2.45, 2.75) is 6.54 Å². The normalized spacial score (nSPS) is 10.4. The number of carbonyl (C=O) groups excluding carboxylic acids is 1. The molecule has 0 saturated carbocycles. The van der Waals surface area contributed by atoms with Crippen LogP contribution in [0.4, 0.5) is 5.69 Å². The summed E-state index contributed by atoms with van der Waals surface area (Å²) in [5, 5.41) is 6.62. The highest BCUT2D eigenvalue weighted by Gasteiger charge is 2.10. The molecule has 1 aromatic carbocycles. The lowest BCUT2D eigenvalue weighted by Crippen LogP contribution is -2.19. The number of nitrogens with one attached hydrogen (secondary N) is 1. The molecule has 0 radical (unpaired) electrons. The zero-order valence-corrected chi connectivity index (χ0v) is 12.6. The van der Waals surface area contributed by atoms with Gasteiger partial charge in [0, 0.05) is 9.26 Å². The molecule has 1 N–H and O–H groups in total. The zero-order chi connectivity index (χ0) is 13.1. The summed E-state index contributed by atoms with van der Waals surface area (Å²) in [7, 11) is 0. The Morgan fingerprint density at radius 1 is 1.44 bits per heavy atom. The number of aromatic nitrogens is 3. The highest BCUT2D eigenvalue weighted by atomic mass is 127. The van der Waals surface area contributed by atoms with E-state index in [4.69, 9.17) is 23.2 Å². The minimum absolute atomic E-state index is 0.0158. The average molecular weight is 397 g/mol. The van der Waals surface area contributed by atoms with Gasteiger partial charge in [0.25, 0.3) is 0 Å². The van der Waals surface area contributed by atoms with E-state index in [9.17, 15) is 4.79 Å². The Labute approximate surface area is 127 Å². The second-order valence-electron chi connectivity index (χ2n) is 3.37. The third-order valence-electron chi connectivity index (χ3n) is 2.00. The standard InChI is InChI=1S/C10H7Cl2IN4O/c11-9-15-10(12)17(16-9)5-8(18)14-7-3-1-2-6(13)4-7/h1-4H,5H2,(H,14,18). The summed E-state index contributed by atoms with van der Waals surface area (Å²) in [6.45, 7) is -0.0377. The molecule has 0 aliphatic carbocycles. The van der Waals surface area contributed by atoms with Gasteiger partial charge in [0.15, 0.2) is 0 Å². The molecule has 0 bridgehead atoms. The van der Waals surface area contributed by atoms with Crippen LogP contribution in [0.5, 0.6) is 0 Å². The van der Waals surface area contributed by atoms with Crippen LogP contribution in [0.3, 0.4) is 0 Å². The van der Waals surface area contributed by atoms with Gasteiger partial charge < -0.3 is 5.32 Å². The van der Waals surface area contributed by atoms with Crippen LogP contribution in [0.2, 0.25) is 10.6 Å². The van der Waals surface area contributed by atoms with Crippen molar-refractivity contribution in [3.05, 3.63) is 38.4 Å². The van der Waals surface area contributed by atoms with E-state index < -0.39 is 0 Å². The Hall–Kier alpha value is -0.860. The van der Waals surface area contributed by atoms with E-state index in [1.54, 1.807) is 6.07 Å². The Morgan fingerprint density at radius 3 is 2.83 bits per heavy atom. The van der Waals surface area contributed by atoms with Crippen LogP contribution >= 0.6 is 45.8 Å². The average Bonchev–Trinajstić information content (AvgIpc) is 2.57. The van der Waals surface area contributed by atoms with Gasteiger partial charge in [-0.05, 0) is 64.0 Å². The molecule has 0 fully saturated rings. The van der Waals surface area contributed by atoms with E-state index in [2.05, 4.69) is 38.0 Å². The number of benzene rings is 1. The van der Waals surface area contributed by atoms with Gasteiger partial charge in [-0.3, -0.25) is 4.79 Å². The van der Waals surface area contributed by atoms with Gasteiger partial charge in [0.05, 0.1) is 0 Å². The van der Waals surface area contributed by atoms with Crippen molar-refractivity contribution in [1.82, 2.24) is 14.8 Å². The number of halogens is 3. The van der Waals surface area contributed by atoms with E-state index >= 15 is 0 Å². The van der Waals surface area contributed by atoms with Crippen LogP contribution in [0.25, 0.3) is 0 Å². The van der Waals surface area contributed by atoms with E-state index in [0.29, 0.717) is 5.69 Å². The monoisotopic (exact) mass is 396 g/mol. The quantitative estimate of drug-likeness (QED) is 0.811. The smallest absolute Gasteiger partial charge is 0.246 e. The van der Waals surface area contributed by atoms with E-state index in [0.717, 1.165) is 3.57 Å². The predicted octanol–water partition coefficient (Wildman–Crippen LogP) is 2.83. The molecule has 0 aliphatic rings. The van der Waals surface area contributed by atoms with Crippen molar-refractivity contribution >= 4 is 57.4 Å². The summed E-state index contributed by atoms with van der Waals surface area (Å²) in [6, 6.07) is 7.45. The fourth-order valence-electron chi connectivity index (χ4n) is 1.30. The summed E-state index contributed by atoms with van der Waals surface area (Å²) in [4.78, 5) is 15.4. The third kappa shape index (κ3) is 3.56. The van der Waals surface area contributed by atoms with Crippen molar-refractivity contribution in [3.8, 4) is 0 Å². The molecule has 5 nitrogen and oxygen atoms in total. The lowest BCUT2D eigenvalue weighted by Gasteiger charge is -2.05. The largest absolute Gasteiger partial charge is 0.324 e. The first-order valence-corrected chi connectivity index (χ1v) is 6.69. The number of hydrogen-bond donors (Lipinski definition) is 1. The molecule has 1 amide bonds. The fraction of sp³-hybridized carbons (Fsp3) is 0.100. The van der Waals surface area contributed by atoms with Crippen LogP contribution in [0.15, 0.2) is 24.3 Å². The Bertz CT molecular complexity index is 587. The molecule has 18 heavy (non-hydrogen) atoms. The second kappa shape index (κ2) is 5.85. The molecular weight excluding hydrogens is 390 g/mol. The van der Waals surface area contributed by atoms with Crippen LogP contribution < -0.4 is 5.32 Å². The maximum Gasteiger partial charge on any atom is 0.246 e. The molecule has 0 unspecified atom stereocenters. The SMILES string of the molecule is O=C(Cn1nc(Cl)nc1Cl)Nc1cccc(I)c1. The number of rotatable bonds is 3. The zero-order valence-electron chi connectivity index (χ0n) is 8.90. The van der Waals surface area contributed by atoms with E-state index in [1.165, 1.54) is 4.68 Å². The lowest BCUT2D eigenvalue weighted by atomic mass is 10.3. The molecule has 1 aromatic heterocycles. The summed E-state index contributed by atoms with van der Waals surface area (Å²) in [5.74, 6) is -0.250.